The zero-order valence-corrected chi connectivity index (χ0v) is 10.7. The number of nitrogens with one attached hydrogen (secondary N) is 1. The first-order chi connectivity index (χ1) is 8.11. The smallest absolute Gasteiger partial charge is 0.257 e. The fourth-order valence-corrected chi connectivity index (χ4v) is 2.26. The number of nitrogens with zero attached hydrogens (tertiary/aromatic N) is 3. The second-order valence-electron chi connectivity index (χ2n) is 4.62. The van der Waals surface area contributed by atoms with Gasteiger partial charge in [-0.25, -0.2) is 0 Å². The molecule has 17 heavy (non-hydrogen) atoms. The lowest BCUT2D eigenvalue weighted by Crippen LogP contribution is -2.51. The van der Waals surface area contributed by atoms with Crippen LogP contribution in [0.4, 0.5) is 0 Å². The Balaban J connectivity index is 2.18. The quantitative estimate of drug-likeness (QED) is 0.809. The van der Waals surface area contributed by atoms with E-state index >= 15 is 0 Å². The minimum Gasteiger partial charge on any atom is -0.336 e. The summed E-state index contributed by atoms with van der Waals surface area (Å²) in [5, 5.41) is 7.65. The molecule has 1 unspecified atom stereocenters. The van der Waals surface area contributed by atoms with Crippen LogP contribution in [0.15, 0.2) is 6.20 Å². The summed E-state index contributed by atoms with van der Waals surface area (Å²) in [5.74, 6) is 0.114. The Morgan fingerprint density at radius 1 is 1.65 bits per heavy atom. The molecule has 0 spiro atoms. The van der Waals surface area contributed by atoms with Crippen LogP contribution in [0.1, 0.15) is 29.9 Å². The summed E-state index contributed by atoms with van der Waals surface area (Å²) in [6.07, 6.45) is 2.62. The molecule has 1 aromatic heterocycles. The van der Waals surface area contributed by atoms with Crippen LogP contribution in [0, 0.1) is 0 Å². The van der Waals surface area contributed by atoms with Crippen LogP contribution in [0.3, 0.4) is 0 Å². The largest absolute Gasteiger partial charge is 0.336 e. The maximum atomic E-state index is 12.4. The highest BCUT2D eigenvalue weighted by molar-refractivity contribution is 5.95. The molecular weight excluding hydrogens is 216 g/mol. The first-order valence-corrected chi connectivity index (χ1v) is 6.17. The molecule has 94 valence electrons. The molecule has 2 rings (SSSR count). The fraction of sp³-hybridized carbons (Fsp3) is 0.667. The van der Waals surface area contributed by atoms with Gasteiger partial charge in [-0.05, 0) is 13.3 Å². The lowest BCUT2D eigenvalue weighted by Gasteiger charge is -2.31. The van der Waals surface area contributed by atoms with Crippen molar-refractivity contribution in [1.82, 2.24) is 20.0 Å². The predicted octanol–water partition coefficient (Wildman–Crippen LogP) is 0.416. The Bertz CT molecular complexity index is 413. The van der Waals surface area contributed by atoms with Crippen molar-refractivity contribution in [1.29, 1.82) is 0 Å². The molecule has 1 N–H and O–H groups in total. The van der Waals surface area contributed by atoms with Crippen LogP contribution in [-0.4, -0.2) is 46.3 Å². The van der Waals surface area contributed by atoms with E-state index in [1.807, 2.05) is 25.1 Å². The Morgan fingerprint density at radius 3 is 3.06 bits per heavy atom. The van der Waals surface area contributed by atoms with Gasteiger partial charge in [-0.1, -0.05) is 6.92 Å². The first kappa shape index (κ1) is 12.1. The van der Waals surface area contributed by atoms with Crippen molar-refractivity contribution in [3.8, 4) is 0 Å². The lowest BCUT2D eigenvalue weighted by atomic mass is 10.1. The van der Waals surface area contributed by atoms with E-state index in [4.69, 9.17) is 0 Å². The number of amides is 1. The van der Waals surface area contributed by atoms with Gasteiger partial charge in [-0.2, -0.15) is 5.10 Å². The molecule has 0 radical (unpaired) electrons. The summed E-state index contributed by atoms with van der Waals surface area (Å²) < 4.78 is 1.72. The molecule has 0 saturated carbocycles. The van der Waals surface area contributed by atoms with E-state index < -0.39 is 0 Å². The Labute approximate surface area is 102 Å². The maximum absolute atomic E-state index is 12.4. The van der Waals surface area contributed by atoms with Crippen molar-refractivity contribution in [3.05, 3.63) is 17.5 Å². The van der Waals surface area contributed by atoms with Gasteiger partial charge in [0.15, 0.2) is 0 Å². The van der Waals surface area contributed by atoms with Gasteiger partial charge >= 0.3 is 0 Å². The number of hydrogen-bond acceptors (Lipinski definition) is 3. The summed E-state index contributed by atoms with van der Waals surface area (Å²) in [7, 11) is 1.86. The minimum absolute atomic E-state index is 0.114. The van der Waals surface area contributed by atoms with Crippen molar-refractivity contribution < 1.29 is 4.79 Å². The molecule has 1 saturated heterocycles. The van der Waals surface area contributed by atoms with E-state index in [0.29, 0.717) is 6.04 Å². The Kier molecular flexibility index (Phi) is 3.47. The lowest BCUT2D eigenvalue weighted by molar-refractivity contribution is 0.0708. The van der Waals surface area contributed by atoms with Crippen LogP contribution in [-0.2, 0) is 13.5 Å². The standard InChI is InChI=1S/C12H20N4O/c1-4-11-10(8-15(3)14-11)12(17)16-6-5-13-9(2)7-16/h8-9,13H,4-7H2,1-3H3. The number of carbonyl (C=O) groups excluding carboxylic acids is 1. The summed E-state index contributed by atoms with van der Waals surface area (Å²) in [6.45, 7) is 6.55. The molecule has 1 aliphatic heterocycles. The van der Waals surface area contributed by atoms with Crippen molar-refractivity contribution >= 4 is 5.91 Å². The topological polar surface area (TPSA) is 50.2 Å². The Hall–Kier alpha value is -1.36. The van der Waals surface area contributed by atoms with Crippen molar-refractivity contribution in [2.45, 2.75) is 26.3 Å². The van der Waals surface area contributed by atoms with Crippen LogP contribution < -0.4 is 5.32 Å². The summed E-state index contributed by atoms with van der Waals surface area (Å²) in [4.78, 5) is 14.3. The highest BCUT2D eigenvalue weighted by Crippen LogP contribution is 2.12. The van der Waals surface area contributed by atoms with E-state index in [-0.39, 0.29) is 5.91 Å². The molecule has 0 aliphatic carbocycles. The van der Waals surface area contributed by atoms with Gasteiger partial charge < -0.3 is 10.2 Å². The van der Waals surface area contributed by atoms with E-state index in [2.05, 4.69) is 17.3 Å². The number of piperazine rings is 1. The van der Waals surface area contributed by atoms with Crippen LogP contribution in [0.25, 0.3) is 0 Å². The van der Waals surface area contributed by atoms with Crippen LogP contribution >= 0.6 is 0 Å². The molecule has 1 aromatic rings. The minimum atomic E-state index is 0.114. The molecule has 0 aromatic carbocycles. The maximum Gasteiger partial charge on any atom is 0.257 e. The van der Waals surface area contributed by atoms with Gasteiger partial charge in [0.1, 0.15) is 0 Å². The molecule has 1 amide bonds. The second-order valence-corrected chi connectivity index (χ2v) is 4.62. The first-order valence-electron chi connectivity index (χ1n) is 6.17. The SMILES string of the molecule is CCc1nn(C)cc1C(=O)N1CCNC(C)C1. The second kappa shape index (κ2) is 4.87. The molecular formula is C12H20N4O. The molecule has 0 bridgehead atoms. The molecule has 5 nitrogen and oxygen atoms in total. The number of rotatable bonds is 2. The average molecular weight is 236 g/mol. The number of hydrogen-bond donors (Lipinski definition) is 1. The summed E-state index contributed by atoms with van der Waals surface area (Å²) >= 11 is 0. The molecule has 1 atom stereocenters. The molecule has 1 fully saturated rings. The average Bonchev–Trinajstić information content (AvgIpc) is 2.69. The van der Waals surface area contributed by atoms with Gasteiger partial charge in [0.25, 0.3) is 5.91 Å². The zero-order valence-electron chi connectivity index (χ0n) is 10.7. The third-order valence-corrected chi connectivity index (χ3v) is 3.13. The summed E-state index contributed by atoms with van der Waals surface area (Å²) in [5.41, 5.74) is 1.65. The van der Waals surface area contributed by atoms with E-state index in [9.17, 15) is 4.79 Å². The fourth-order valence-electron chi connectivity index (χ4n) is 2.26. The molecule has 5 heteroatoms. The van der Waals surface area contributed by atoms with Crippen molar-refractivity contribution in [2.24, 2.45) is 7.05 Å². The number of carbonyl (C=O) groups is 1. The van der Waals surface area contributed by atoms with E-state index in [0.717, 1.165) is 37.3 Å². The van der Waals surface area contributed by atoms with Crippen molar-refractivity contribution in [3.63, 3.8) is 0 Å². The van der Waals surface area contributed by atoms with Gasteiger partial charge in [0, 0.05) is 38.9 Å². The van der Waals surface area contributed by atoms with Gasteiger partial charge in [-0.15, -0.1) is 0 Å². The summed E-state index contributed by atoms with van der Waals surface area (Å²) in [6, 6.07) is 0.370. The van der Waals surface area contributed by atoms with E-state index in [1.54, 1.807) is 4.68 Å². The van der Waals surface area contributed by atoms with Gasteiger partial charge in [0.05, 0.1) is 11.3 Å². The molecule has 2 heterocycles. The van der Waals surface area contributed by atoms with Crippen LogP contribution in [0.2, 0.25) is 0 Å². The highest BCUT2D eigenvalue weighted by Gasteiger charge is 2.24. The highest BCUT2D eigenvalue weighted by atomic mass is 16.2. The molecule has 1 aliphatic rings. The Morgan fingerprint density at radius 2 is 2.41 bits per heavy atom. The number of aromatic nitrogens is 2. The third kappa shape index (κ3) is 2.49. The van der Waals surface area contributed by atoms with Crippen LogP contribution in [0.5, 0.6) is 0 Å². The normalized spacial score (nSPS) is 20.6. The van der Waals surface area contributed by atoms with Gasteiger partial charge in [0.2, 0.25) is 0 Å². The predicted molar refractivity (Wildman–Crippen MR) is 66.0 cm³/mol. The van der Waals surface area contributed by atoms with E-state index in [1.165, 1.54) is 0 Å². The van der Waals surface area contributed by atoms with Crippen molar-refractivity contribution in [2.75, 3.05) is 19.6 Å². The van der Waals surface area contributed by atoms with Gasteiger partial charge in [-0.3, -0.25) is 9.48 Å². The monoisotopic (exact) mass is 236 g/mol. The third-order valence-electron chi connectivity index (χ3n) is 3.13. The zero-order chi connectivity index (χ0) is 12.4. The number of aryl methyl sites for hydroxylation is 2.